The Bertz CT molecular complexity index is 388. The van der Waals surface area contributed by atoms with Crippen LogP contribution >= 0.6 is 11.3 Å². The maximum atomic E-state index is 11.5. The Labute approximate surface area is 101 Å². The average molecular weight is 240 g/mol. The number of hydrogen-bond acceptors (Lipinski definition) is 3. The minimum Gasteiger partial charge on any atom is -0.302 e. The standard InChI is InChI=1S/C12H20N2OS/c1-10-3-5-13(6-4-10)7-8-14-11(2)9-16-12(14)15/h9-10H,3-8H2,1-2H3. The summed E-state index contributed by atoms with van der Waals surface area (Å²) in [4.78, 5) is 14.2. The van der Waals surface area contributed by atoms with Crippen LogP contribution < -0.4 is 4.87 Å². The molecule has 0 aliphatic carbocycles. The predicted octanol–water partition coefficient (Wildman–Crippen LogP) is 1.95. The Morgan fingerprint density at radius 1 is 1.38 bits per heavy atom. The lowest BCUT2D eigenvalue weighted by Crippen LogP contribution is -2.36. The van der Waals surface area contributed by atoms with E-state index in [2.05, 4.69) is 11.8 Å². The van der Waals surface area contributed by atoms with Crippen molar-refractivity contribution in [3.05, 3.63) is 20.7 Å². The summed E-state index contributed by atoms with van der Waals surface area (Å²) in [6.07, 6.45) is 2.61. The van der Waals surface area contributed by atoms with Crippen molar-refractivity contribution in [3.8, 4) is 0 Å². The molecule has 0 radical (unpaired) electrons. The highest BCUT2D eigenvalue weighted by Gasteiger charge is 2.15. The first kappa shape index (κ1) is 11.9. The molecule has 0 unspecified atom stereocenters. The van der Waals surface area contributed by atoms with Crippen LogP contribution in [0, 0.1) is 12.8 Å². The summed E-state index contributed by atoms with van der Waals surface area (Å²) in [6, 6.07) is 0. The third-order valence-corrected chi connectivity index (χ3v) is 4.37. The van der Waals surface area contributed by atoms with Crippen molar-refractivity contribution in [1.29, 1.82) is 0 Å². The molecule has 2 heterocycles. The lowest BCUT2D eigenvalue weighted by molar-refractivity contribution is 0.186. The van der Waals surface area contributed by atoms with Crippen LogP contribution in [0.2, 0.25) is 0 Å². The topological polar surface area (TPSA) is 25.2 Å². The van der Waals surface area contributed by atoms with Gasteiger partial charge in [-0.2, -0.15) is 0 Å². The number of aromatic nitrogens is 1. The number of hydrogen-bond donors (Lipinski definition) is 0. The summed E-state index contributed by atoms with van der Waals surface area (Å²) in [5, 5.41) is 1.95. The molecule has 16 heavy (non-hydrogen) atoms. The van der Waals surface area contributed by atoms with Crippen LogP contribution in [0.25, 0.3) is 0 Å². The lowest BCUT2D eigenvalue weighted by Gasteiger charge is -2.30. The van der Waals surface area contributed by atoms with Crippen molar-refractivity contribution in [3.63, 3.8) is 0 Å². The first-order valence-corrected chi connectivity index (χ1v) is 6.92. The summed E-state index contributed by atoms with van der Waals surface area (Å²) in [5.74, 6) is 0.877. The van der Waals surface area contributed by atoms with Gasteiger partial charge in [-0.15, -0.1) is 0 Å². The van der Waals surface area contributed by atoms with Crippen molar-refractivity contribution in [2.75, 3.05) is 19.6 Å². The maximum absolute atomic E-state index is 11.5. The highest BCUT2D eigenvalue weighted by molar-refractivity contribution is 7.07. The molecule has 0 aromatic carbocycles. The fourth-order valence-corrected chi connectivity index (χ4v) is 2.96. The van der Waals surface area contributed by atoms with E-state index < -0.39 is 0 Å². The lowest BCUT2D eigenvalue weighted by atomic mass is 9.99. The van der Waals surface area contributed by atoms with E-state index in [0.717, 1.165) is 24.7 Å². The summed E-state index contributed by atoms with van der Waals surface area (Å²) >= 11 is 1.31. The molecule has 0 N–H and O–H groups in total. The van der Waals surface area contributed by atoms with Gasteiger partial charge in [0.05, 0.1) is 0 Å². The third-order valence-electron chi connectivity index (χ3n) is 3.49. The van der Waals surface area contributed by atoms with Crippen LogP contribution in [0.4, 0.5) is 0 Å². The molecule has 1 aliphatic heterocycles. The highest BCUT2D eigenvalue weighted by Crippen LogP contribution is 2.15. The van der Waals surface area contributed by atoms with Crippen LogP contribution in [0.15, 0.2) is 10.2 Å². The Morgan fingerprint density at radius 3 is 2.62 bits per heavy atom. The van der Waals surface area contributed by atoms with Crippen molar-refractivity contribution in [1.82, 2.24) is 9.47 Å². The smallest absolute Gasteiger partial charge is 0.302 e. The normalized spacial score (nSPS) is 19.1. The van der Waals surface area contributed by atoms with Gasteiger partial charge < -0.3 is 9.47 Å². The molecule has 1 aromatic heterocycles. The number of likely N-dealkylation sites (tertiary alicyclic amines) is 1. The molecule has 0 amide bonds. The van der Waals surface area contributed by atoms with Crippen molar-refractivity contribution in [2.45, 2.75) is 33.2 Å². The van der Waals surface area contributed by atoms with Gasteiger partial charge in [0.25, 0.3) is 0 Å². The first-order valence-electron chi connectivity index (χ1n) is 6.04. The number of aryl methyl sites for hydroxylation is 1. The molecule has 0 spiro atoms. The second kappa shape index (κ2) is 5.15. The van der Waals surface area contributed by atoms with Gasteiger partial charge in [-0.25, -0.2) is 0 Å². The van der Waals surface area contributed by atoms with Crippen LogP contribution in [0.1, 0.15) is 25.5 Å². The number of rotatable bonds is 3. The molecular formula is C12H20N2OS. The molecule has 4 heteroatoms. The van der Waals surface area contributed by atoms with E-state index in [-0.39, 0.29) is 4.87 Å². The van der Waals surface area contributed by atoms with E-state index in [1.54, 1.807) is 0 Å². The largest absolute Gasteiger partial charge is 0.307 e. The second-order valence-corrected chi connectivity index (χ2v) is 5.64. The van der Waals surface area contributed by atoms with E-state index in [0.29, 0.717) is 0 Å². The van der Waals surface area contributed by atoms with E-state index in [4.69, 9.17) is 0 Å². The zero-order valence-corrected chi connectivity index (χ0v) is 10.9. The predicted molar refractivity (Wildman–Crippen MR) is 68.2 cm³/mol. The van der Waals surface area contributed by atoms with E-state index in [1.165, 1.54) is 37.3 Å². The van der Waals surface area contributed by atoms with Gasteiger partial charge >= 0.3 is 4.87 Å². The van der Waals surface area contributed by atoms with Gasteiger partial charge in [0, 0.05) is 24.2 Å². The first-order chi connectivity index (χ1) is 7.66. The molecule has 0 atom stereocenters. The second-order valence-electron chi connectivity index (χ2n) is 4.82. The fourth-order valence-electron chi connectivity index (χ4n) is 2.20. The van der Waals surface area contributed by atoms with Gasteiger partial charge in [-0.3, -0.25) is 4.79 Å². The Kier molecular flexibility index (Phi) is 3.82. The fraction of sp³-hybridized carbons (Fsp3) is 0.750. The zero-order chi connectivity index (χ0) is 11.5. The van der Waals surface area contributed by atoms with Gasteiger partial charge in [0.1, 0.15) is 0 Å². The van der Waals surface area contributed by atoms with Gasteiger partial charge in [-0.1, -0.05) is 18.3 Å². The van der Waals surface area contributed by atoms with Gasteiger partial charge in [0.2, 0.25) is 0 Å². The zero-order valence-electron chi connectivity index (χ0n) is 10.1. The Balaban J connectivity index is 1.86. The minimum atomic E-state index is 0.183. The molecule has 1 fully saturated rings. The van der Waals surface area contributed by atoms with Crippen molar-refractivity contribution >= 4 is 11.3 Å². The molecule has 0 saturated carbocycles. The third kappa shape index (κ3) is 2.74. The highest BCUT2D eigenvalue weighted by atomic mass is 32.1. The summed E-state index contributed by atoms with van der Waals surface area (Å²) in [6.45, 7) is 8.59. The van der Waals surface area contributed by atoms with Crippen LogP contribution in [0.5, 0.6) is 0 Å². The van der Waals surface area contributed by atoms with Crippen molar-refractivity contribution in [2.24, 2.45) is 5.92 Å². The number of nitrogens with zero attached hydrogens (tertiary/aromatic N) is 2. The molecule has 0 bridgehead atoms. The average Bonchev–Trinajstić information content (AvgIpc) is 2.59. The molecule has 90 valence electrons. The van der Waals surface area contributed by atoms with Gasteiger partial charge in [-0.05, 0) is 38.8 Å². The van der Waals surface area contributed by atoms with E-state index >= 15 is 0 Å². The molecule has 1 aromatic rings. The van der Waals surface area contributed by atoms with E-state index in [9.17, 15) is 4.79 Å². The summed E-state index contributed by atoms with van der Waals surface area (Å²) < 4.78 is 1.89. The number of piperidine rings is 1. The monoisotopic (exact) mass is 240 g/mol. The molecule has 3 nitrogen and oxygen atoms in total. The van der Waals surface area contributed by atoms with Crippen molar-refractivity contribution < 1.29 is 0 Å². The molecule has 2 rings (SSSR count). The Hall–Kier alpha value is -0.610. The number of thiazole rings is 1. The van der Waals surface area contributed by atoms with Gasteiger partial charge in [0.15, 0.2) is 0 Å². The molecule has 1 saturated heterocycles. The Morgan fingerprint density at radius 2 is 2.06 bits per heavy atom. The quantitative estimate of drug-likeness (QED) is 0.807. The van der Waals surface area contributed by atoms with Crippen LogP contribution in [0.3, 0.4) is 0 Å². The molecular weight excluding hydrogens is 220 g/mol. The summed E-state index contributed by atoms with van der Waals surface area (Å²) in [7, 11) is 0. The van der Waals surface area contributed by atoms with Crippen LogP contribution in [-0.2, 0) is 6.54 Å². The van der Waals surface area contributed by atoms with E-state index in [1.807, 2.05) is 16.9 Å². The molecule has 1 aliphatic rings. The summed E-state index contributed by atoms with van der Waals surface area (Å²) in [5.41, 5.74) is 1.10. The maximum Gasteiger partial charge on any atom is 0.307 e. The SMILES string of the molecule is Cc1csc(=O)n1CCN1CCC(C)CC1. The minimum absolute atomic E-state index is 0.183. The van der Waals surface area contributed by atoms with Crippen LogP contribution in [-0.4, -0.2) is 29.1 Å².